The topological polar surface area (TPSA) is 69.6 Å². The molecule has 3 N–H and O–H groups in total. The predicted octanol–water partition coefficient (Wildman–Crippen LogP) is 2.49. The Morgan fingerprint density at radius 1 is 1.05 bits per heavy atom. The molecule has 0 saturated carbocycles. The van der Waals surface area contributed by atoms with Crippen LogP contribution in [0.15, 0.2) is 54.6 Å². The molecule has 2 atom stereocenters. The summed E-state index contributed by atoms with van der Waals surface area (Å²) in [5.74, 6) is -1.24. The first-order valence-electron chi connectivity index (χ1n) is 6.99. The molecule has 0 saturated heterocycles. The second-order valence-electron chi connectivity index (χ2n) is 5.09. The fourth-order valence-electron chi connectivity index (χ4n) is 2.19. The van der Waals surface area contributed by atoms with Gasteiger partial charge in [-0.3, -0.25) is 0 Å². The maximum atomic E-state index is 11.1. The SMILES string of the molecule is O=C(O)C(O)C(Cc1ccc(Cl)cc1)NCc1ccccc1. The molecule has 2 unspecified atom stereocenters. The molecule has 0 spiro atoms. The number of halogens is 1. The van der Waals surface area contributed by atoms with E-state index < -0.39 is 18.1 Å². The first kappa shape index (κ1) is 16.5. The Hall–Kier alpha value is -1.88. The average molecular weight is 320 g/mol. The van der Waals surface area contributed by atoms with Crippen LogP contribution in [0, 0.1) is 0 Å². The van der Waals surface area contributed by atoms with Gasteiger partial charge in [-0.05, 0) is 29.7 Å². The quantitative estimate of drug-likeness (QED) is 0.733. The average Bonchev–Trinajstić information content (AvgIpc) is 2.53. The molecule has 0 fully saturated rings. The van der Waals surface area contributed by atoms with E-state index in [2.05, 4.69) is 5.32 Å². The van der Waals surface area contributed by atoms with Gasteiger partial charge in [0.15, 0.2) is 6.10 Å². The predicted molar refractivity (Wildman–Crippen MR) is 85.9 cm³/mol. The van der Waals surface area contributed by atoms with Crippen molar-refractivity contribution in [3.63, 3.8) is 0 Å². The first-order valence-corrected chi connectivity index (χ1v) is 7.36. The van der Waals surface area contributed by atoms with E-state index in [0.717, 1.165) is 11.1 Å². The molecular weight excluding hydrogens is 302 g/mol. The van der Waals surface area contributed by atoms with Crippen molar-refractivity contribution < 1.29 is 15.0 Å². The van der Waals surface area contributed by atoms with E-state index in [1.165, 1.54) is 0 Å². The summed E-state index contributed by atoms with van der Waals surface area (Å²) < 4.78 is 0. The Labute approximate surface area is 134 Å². The molecule has 2 aromatic rings. The minimum Gasteiger partial charge on any atom is -0.479 e. The zero-order valence-corrected chi connectivity index (χ0v) is 12.7. The Morgan fingerprint density at radius 2 is 1.68 bits per heavy atom. The molecule has 0 aliphatic rings. The molecule has 2 rings (SSSR count). The third kappa shape index (κ3) is 4.84. The fourth-order valence-corrected chi connectivity index (χ4v) is 2.31. The van der Waals surface area contributed by atoms with Crippen molar-refractivity contribution in [1.29, 1.82) is 0 Å². The van der Waals surface area contributed by atoms with E-state index in [1.54, 1.807) is 12.1 Å². The Balaban J connectivity index is 2.05. The van der Waals surface area contributed by atoms with Gasteiger partial charge in [0.25, 0.3) is 0 Å². The number of hydrogen-bond donors (Lipinski definition) is 3. The summed E-state index contributed by atoms with van der Waals surface area (Å²) >= 11 is 5.84. The van der Waals surface area contributed by atoms with Crippen molar-refractivity contribution in [2.45, 2.75) is 25.1 Å². The number of aliphatic hydroxyl groups excluding tert-OH is 1. The lowest BCUT2D eigenvalue weighted by atomic mass is 10.0. The number of carboxylic acids is 1. The Bertz CT molecular complexity index is 601. The molecule has 0 heterocycles. The molecule has 0 bridgehead atoms. The van der Waals surface area contributed by atoms with Crippen LogP contribution in [0.3, 0.4) is 0 Å². The van der Waals surface area contributed by atoms with Gasteiger partial charge in [-0.15, -0.1) is 0 Å². The Morgan fingerprint density at radius 3 is 2.27 bits per heavy atom. The molecule has 2 aromatic carbocycles. The number of aliphatic hydroxyl groups is 1. The van der Waals surface area contributed by atoms with E-state index >= 15 is 0 Å². The van der Waals surface area contributed by atoms with Crippen molar-refractivity contribution >= 4 is 17.6 Å². The third-order valence-electron chi connectivity index (χ3n) is 3.41. The van der Waals surface area contributed by atoms with Gasteiger partial charge in [-0.25, -0.2) is 4.79 Å². The lowest BCUT2D eigenvalue weighted by Crippen LogP contribution is -2.45. The van der Waals surface area contributed by atoms with E-state index in [4.69, 9.17) is 16.7 Å². The van der Waals surface area contributed by atoms with Crippen LogP contribution in [0.2, 0.25) is 5.02 Å². The van der Waals surface area contributed by atoms with Gasteiger partial charge in [0, 0.05) is 17.6 Å². The molecule has 116 valence electrons. The summed E-state index contributed by atoms with van der Waals surface area (Å²) in [5, 5.41) is 22.7. The highest BCUT2D eigenvalue weighted by Gasteiger charge is 2.25. The third-order valence-corrected chi connectivity index (χ3v) is 3.67. The summed E-state index contributed by atoms with van der Waals surface area (Å²) in [6.07, 6.45) is -1.07. The van der Waals surface area contributed by atoms with Gasteiger partial charge >= 0.3 is 5.97 Å². The van der Waals surface area contributed by atoms with Crippen LogP contribution in [-0.4, -0.2) is 28.3 Å². The van der Waals surface area contributed by atoms with Gasteiger partial charge in [0.2, 0.25) is 0 Å². The molecule has 0 aliphatic carbocycles. The summed E-state index contributed by atoms with van der Waals surface area (Å²) in [4.78, 5) is 11.1. The van der Waals surface area contributed by atoms with E-state index in [9.17, 15) is 9.90 Å². The molecule has 4 nitrogen and oxygen atoms in total. The number of nitrogens with one attached hydrogen (secondary N) is 1. The zero-order valence-electron chi connectivity index (χ0n) is 11.9. The number of carboxylic acid groups (broad SMARTS) is 1. The number of carbonyl (C=O) groups is 1. The van der Waals surface area contributed by atoms with Crippen molar-refractivity contribution in [2.75, 3.05) is 0 Å². The molecule has 0 amide bonds. The van der Waals surface area contributed by atoms with Crippen molar-refractivity contribution in [2.24, 2.45) is 0 Å². The second-order valence-corrected chi connectivity index (χ2v) is 5.52. The van der Waals surface area contributed by atoms with Crippen LogP contribution < -0.4 is 5.32 Å². The van der Waals surface area contributed by atoms with Gasteiger partial charge in [-0.2, -0.15) is 0 Å². The van der Waals surface area contributed by atoms with Crippen LogP contribution in [0.5, 0.6) is 0 Å². The highest BCUT2D eigenvalue weighted by Crippen LogP contribution is 2.13. The highest BCUT2D eigenvalue weighted by molar-refractivity contribution is 6.30. The fraction of sp³-hybridized carbons (Fsp3) is 0.235. The molecule has 0 aliphatic heterocycles. The first-order chi connectivity index (χ1) is 10.6. The zero-order chi connectivity index (χ0) is 15.9. The van der Waals surface area contributed by atoms with E-state index in [0.29, 0.717) is 18.0 Å². The van der Waals surface area contributed by atoms with Crippen molar-refractivity contribution in [3.05, 3.63) is 70.7 Å². The lowest BCUT2D eigenvalue weighted by Gasteiger charge is -2.22. The van der Waals surface area contributed by atoms with Gasteiger partial charge < -0.3 is 15.5 Å². The monoisotopic (exact) mass is 319 g/mol. The summed E-state index contributed by atoms with van der Waals surface area (Å²) in [5.41, 5.74) is 1.94. The van der Waals surface area contributed by atoms with Crippen LogP contribution in [-0.2, 0) is 17.8 Å². The maximum Gasteiger partial charge on any atom is 0.334 e. The second kappa shape index (κ2) is 7.94. The highest BCUT2D eigenvalue weighted by atomic mass is 35.5. The lowest BCUT2D eigenvalue weighted by molar-refractivity contribution is -0.148. The van der Waals surface area contributed by atoms with Crippen molar-refractivity contribution in [3.8, 4) is 0 Å². The number of benzene rings is 2. The molecular formula is C17H18ClNO3. The van der Waals surface area contributed by atoms with Crippen LogP contribution in [0.4, 0.5) is 0 Å². The normalized spacial score (nSPS) is 13.5. The maximum absolute atomic E-state index is 11.1. The standard InChI is InChI=1S/C17H18ClNO3/c18-14-8-6-12(7-9-14)10-15(16(20)17(21)22)19-11-13-4-2-1-3-5-13/h1-9,15-16,19-20H,10-11H2,(H,21,22). The number of aliphatic carboxylic acids is 1. The van der Waals surface area contributed by atoms with Crippen molar-refractivity contribution in [1.82, 2.24) is 5.32 Å². The van der Waals surface area contributed by atoms with E-state index in [-0.39, 0.29) is 0 Å². The molecule has 5 heteroatoms. The van der Waals surface area contributed by atoms with Crippen LogP contribution >= 0.6 is 11.6 Å². The largest absolute Gasteiger partial charge is 0.479 e. The molecule has 22 heavy (non-hydrogen) atoms. The molecule has 0 aromatic heterocycles. The van der Waals surface area contributed by atoms with Gasteiger partial charge in [0.05, 0.1) is 0 Å². The molecule has 0 radical (unpaired) electrons. The summed E-state index contributed by atoms with van der Waals surface area (Å²) in [7, 11) is 0. The van der Waals surface area contributed by atoms with E-state index in [1.807, 2.05) is 42.5 Å². The van der Waals surface area contributed by atoms with Gasteiger partial charge in [0.1, 0.15) is 0 Å². The summed E-state index contributed by atoms with van der Waals surface area (Å²) in [6, 6.07) is 16.2. The number of rotatable bonds is 7. The number of hydrogen-bond acceptors (Lipinski definition) is 3. The Kier molecular flexibility index (Phi) is 5.95. The van der Waals surface area contributed by atoms with Crippen LogP contribution in [0.1, 0.15) is 11.1 Å². The minimum absolute atomic E-state index is 0.400. The smallest absolute Gasteiger partial charge is 0.334 e. The van der Waals surface area contributed by atoms with Gasteiger partial charge in [-0.1, -0.05) is 54.1 Å². The summed E-state index contributed by atoms with van der Waals surface area (Å²) in [6.45, 7) is 0.490. The van der Waals surface area contributed by atoms with Crippen LogP contribution in [0.25, 0.3) is 0 Å². The minimum atomic E-state index is -1.47.